The number of methoxy groups -OCH3 is 1. The van der Waals surface area contributed by atoms with E-state index in [9.17, 15) is 0 Å². The number of ether oxygens (including phenoxy) is 1. The molecular weight excluding hydrogens is 561 g/mol. The van der Waals surface area contributed by atoms with E-state index >= 15 is 0 Å². The van der Waals surface area contributed by atoms with Crippen molar-refractivity contribution in [2.24, 2.45) is 14.1 Å². The van der Waals surface area contributed by atoms with Crippen molar-refractivity contribution >= 4 is 10.0 Å². The smallest absolute Gasteiger partial charge is 0.176 e. The summed E-state index contributed by atoms with van der Waals surface area (Å²) in [6.07, 6.45) is 2.38. The van der Waals surface area contributed by atoms with E-state index in [1.165, 1.54) is 0 Å². The molecule has 2 aromatic heterocycles. The monoisotopic (exact) mass is 598 g/mol. The first-order chi connectivity index (χ1) is 21.3. The molecule has 6 aromatic rings. The zero-order valence-corrected chi connectivity index (χ0v) is 27.0. The second-order valence-corrected chi connectivity index (χ2v) is 15.9. The normalized spacial score (nSPS) is 22.0. The van der Waals surface area contributed by atoms with Crippen LogP contribution in [0, 0.1) is 0 Å². The molecule has 3 heterocycles. The summed E-state index contributed by atoms with van der Waals surface area (Å²) in [6.45, 7) is 4.65. The number of hydrogen-bond donors (Lipinski definition) is 0. The van der Waals surface area contributed by atoms with Crippen molar-refractivity contribution in [1.29, 1.82) is 0 Å². The molecule has 5 nitrogen and oxygen atoms in total. The molecule has 44 heavy (non-hydrogen) atoms. The highest BCUT2D eigenvalue weighted by atomic mass is 32.3. The molecule has 0 N–H and O–H groups in total. The first-order valence-electron chi connectivity index (χ1n) is 15.0. The quantitative estimate of drug-likeness (QED) is 0.172. The van der Waals surface area contributed by atoms with Crippen LogP contribution in [-0.4, -0.2) is 37.2 Å². The Hall–Kier alpha value is -4.39. The minimum atomic E-state index is -1.73. The minimum Gasteiger partial charge on any atom is -0.360 e. The maximum atomic E-state index is 6.76. The van der Waals surface area contributed by atoms with Crippen LogP contribution in [0.25, 0.3) is 45.0 Å². The topological polar surface area (TPSA) is 44.9 Å². The lowest BCUT2D eigenvalue weighted by Crippen LogP contribution is -2.25. The predicted octanol–water partition coefficient (Wildman–Crippen LogP) is 8.91. The Morgan fingerprint density at radius 3 is 1.39 bits per heavy atom. The molecule has 0 radical (unpaired) electrons. The van der Waals surface area contributed by atoms with Gasteiger partial charge in [0.25, 0.3) is 0 Å². The van der Waals surface area contributed by atoms with E-state index in [0.29, 0.717) is 0 Å². The highest BCUT2D eigenvalue weighted by molar-refractivity contribution is 8.40. The molecule has 0 bridgehead atoms. The predicted molar refractivity (Wildman–Crippen MR) is 183 cm³/mol. The summed E-state index contributed by atoms with van der Waals surface area (Å²) in [6, 6.07) is 42.1. The highest BCUT2D eigenvalue weighted by Gasteiger charge is 2.83. The Morgan fingerprint density at radius 2 is 0.955 bits per heavy atom. The van der Waals surface area contributed by atoms with Crippen LogP contribution < -0.4 is 0 Å². The van der Waals surface area contributed by atoms with Gasteiger partial charge in [0.05, 0.1) is 22.8 Å². The van der Waals surface area contributed by atoms with E-state index in [2.05, 4.69) is 159 Å². The number of nitrogens with zero attached hydrogens (tertiary/aromatic N) is 4. The highest BCUT2D eigenvalue weighted by Crippen LogP contribution is 2.94. The molecule has 0 spiro atoms. The fourth-order valence-electron chi connectivity index (χ4n) is 7.24. The molecule has 0 aliphatic carbocycles. The molecule has 4 aromatic carbocycles. The fraction of sp³-hybridized carbons (Fsp3) is 0.211. The zero-order valence-electron chi connectivity index (χ0n) is 26.2. The van der Waals surface area contributed by atoms with Crippen LogP contribution in [0.4, 0.5) is 0 Å². The second kappa shape index (κ2) is 10.4. The molecule has 2 atom stereocenters. The summed E-state index contributed by atoms with van der Waals surface area (Å²) in [5, 5.41) is 1.06. The number of rotatable bonds is 7. The molecule has 7 rings (SSSR count). The molecule has 2 unspecified atom stereocenters. The molecule has 1 fully saturated rings. The van der Waals surface area contributed by atoms with Crippen LogP contribution in [-0.2, 0) is 23.8 Å². The molecule has 1 aliphatic rings. The lowest BCUT2D eigenvalue weighted by atomic mass is 10.0. The molecule has 6 heteroatoms. The Morgan fingerprint density at radius 1 is 0.568 bits per heavy atom. The summed E-state index contributed by atoms with van der Waals surface area (Å²) < 4.78 is 11.1. The third kappa shape index (κ3) is 3.77. The number of benzene rings is 4. The van der Waals surface area contributed by atoms with Crippen LogP contribution in [0.15, 0.2) is 126 Å². The lowest BCUT2D eigenvalue weighted by Gasteiger charge is -2.24. The number of imidazole rings is 2. The summed E-state index contributed by atoms with van der Waals surface area (Å²) in [4.78, 5) is 10.3. The maximum Gasteiger partial charge on any atom is 0.176 e. The molecular formula is C38H38N4OS. The first kappa shape index (κ1) is 28.4. The lowest BCUT2D eigenvalue weighted by molar-refractivity contribution is 0.0700. The Labute approximate surface area is 261 Å². The first-order valence-corrected chi connectivity index (χ1v) is 17.0. The van der Waals surface area contributed by atoms with Crippen molar-refractivity contribution in [2.75, 3.05) is 13.4 Å². The third-order valence-electron chi connectivity index (χ3n) is 9.63. The Balaban J connectivity index is 1.48. The second-order valence-electron chi connectivity index (χ2n) is 12.1. The van der Waals surface area contributed by atoms with Gasteiger partial charge in [-0.3, -0.25) is 0 Å². The summed E-state index contributed by atoms with van der Waals surface area (Å²) in [5.41, 5.74) is 8.62. The van der Waals surface area contributed by atoms with Crippen molar-refractivity contribution in [2.45, 2.75) is 28.7 Å². The van der Waals surface area contributed by atoms with Crippen LogP contribution in [0.5, 0.6) is 0 Å². The number of aromatic nitrogens is 4. The largest absolute Gasteiger partial charge is 0.360 e. The van der Waals surface area contributed by atoms with Gasteiger partial charge in [0, 0.05) is 48.2 Å². The van der Waals surface area contributed by atoms with Crippen LogP contribution in [0.3, 0.4) is 0 Å². The van der Waals surface area contributed by atoms with Gasteiger partial charge in [0.1, 0.15) is 0 Å². The molecule has 0 saturated carbocycles. The average Bonchev–Trinajstić information content (AvgIpc) is 3.37. The minimum absolute atomic E-state index is 0.253. The zero-order chi connectivity index (χ0) is 30.7. The van der Waals surface area contributed by atoms with Crippen LogP contribution in [0.2, 0.25) is 0 Å². The standard InChI is InChI=1S/C38H38N4OS/c1-37(2)38(43-5,35-39-31(27-19-11-7-12-20-27)33(41(35)3)29-23-15-9-16-24-29)44(37,6)36-40-32(28-21-13-8-14-22-28)34(42(36)4)30-25-17-10-18-26-30/h7-26H,1-6H3. The van der Waals surface area contributed by atoms with Gasteiger partial charge in [-0.1, -0.05) is 121 Å². The van der Waals surface area contributed by atoms with Crippen molar-refractivity contribution in [3.63, 3.8) is 0 Å². The van der Waals surface area contributed by atoms with E-state index in [4.69, 9.17) is 14.7 Å². The summed E-state index contributed by atoms with van der Waals surface area (Å²) >= 11 is 0. The fourth-order valence-corrected chi connectivity index (χ4v) is 12.0. The molecule has 1 saturated heterocycles. The summed E-state index contributed by atoms with van der Waals surface area (Å²) in [7, 11) is 4.41. The van der Waals surface area contributed by atoms with Gasteiger partial charge in [-0.15, -0.1) is 10.0 Å². The molecule has 0 amide bonds. The van der Waals surface area contributed by atoms with Crippen molar-refractivity contribution in [3.8, 4) is 45.0 Å². The van der Waals surface area contributed by atoms with Crippen LogP contribution >= 0.6 is 10.0 Å². The van der Waals surface area contributed by atoms with Crippen LogP contribution in [0.1, 0.15) is 19.7 Å². The average molecular weight is 599 g/mol. The van der Waals surface area contributed by atoms with E-state index < -0.39 is 15.0 Å². The van der Waals surface area contributed by atoms with Gasteiger partial charge >= 0.3 is 0 Å². The summed E-state index contributed by atoms with van der Waals surface area (Å²) in [5.74, 6) is 0.936. The van der Waals surface area contributed by atoms with Crippen molar-refractivity contribution < 1.29 is 4.74 Å². The van der Waals surface area contributed by atoms with Crippen molar-refractivity contribution in [3.05, 3.63) is 127 Å². The van der Waals surface area contributed by atoms with Gasteiger partial charge in [-0.2, -0.15) is 0 Å². The van der Waals surface area contributed by atoms with Crippen molar-refractivity contribution in [1.82, 2.24) is 19.1 Å². The van der Waals surface area contributed by atoms with E-state index in [1.807, 2.05) is 13.2 Å². The number of hydrogen-bond acceptors (Lipinski definition) is 3. The van der Waals surface area contributed by atoms with E-state index in [1.54, 1.807) is 0 Å². The Kier molecular flexibility index (Phi) is 6.68. The maximum absolute atomic E-state index is 6.76. The van der Waals surface area contributed by atoms with Gasteiger partial charge in [-0.05, 0) is 20.1 Å². The SMILES string of the molecule is COC1(c2nc(-c3ccccc3)c(-c3ccccc3)n2C)C(C)(C)S1(C)c1nc(-c2ccccc2)c(-c2ccccc2)n1C. The van der Waals surface area contributed by atoms with Gasteiger partial charge in [0.2, 0.25) is 0 Å². The Bertz CT molecular complexity index is 1950. The third-order valence-corrected chi connectivity index (χ3v) is 14.9. The van der Waals surface area contributed by atoms with Gasteiger partial charge < -0.3 is 13.9 Å². The van der Waals surface area contributed by atoms with Gasteiger partial charge in [-0.25, -0.2) is 9.97 Å². The van der Waals surface area contributed by atoms with E-state index in [-0.39, 0.29) is 4.75 Å². The van der Waals surface area contributed by atoms with E-state index in [0.717, 1.165) is 56.0 Å². The molecule has 222 valence electrons. The van der Waals surface area contributed by atoms with Gasteiger partial charge in [0.15, 0.2) is 15.9 Å². The molecule has 1 aliphatic heterocycles.